The van der Waals surface area contributed by atoms with Crippen molar-refractivity contribution in [2.45, 2.75) is 12.3 Å². The standard InChI is InChI=1S/C44H30N4O.Pt/c1-29-24-25-45-43(26-29)47-39-19-8-5-16-35(39)36-23-22-31(28-42(36)47)44(37-17-6-3-14-33(37)34-15-4-7-18-38(34)44)30-12-11-13-32(27-30)48-41-21-10-9-20-40(41)46(2)49-48;/h3-26H,1-2H3;/q-2;/p+1. The molecule has 0 amide bonds. The minimum atomic E-state index is -0.691. The van der Waals surface area contributed by atoms with Gasteiger partial charge in [0.25, 0.3) is 0 Å². The van der Waals surface area contributed by atoms with Crippen molar-refractivity contribution < 1.29 is 26.0 Å². The normalized spacial score (nSPS) is 14.0. The summed E-state index contributed by atoms with van der Waals surface area (Å²) in [5.41, 5.74) is 12.5. The topological polar surface area (TPSA) is 37.1 Å². The van der Waals surface area contributed by atoms with Gasteiger partial charge in [0.1, 0.15) is 17.2 Å². The van der Waals surface area contributed by atoms with Crippen LogP contribution in [-0.4, -0.2) is 21.5 Å². The molecule has 3 heterocycles. The zero-order valence-electron chi connectivity index (χ0n) is 27.4. The Bertz CT molecular complexity index is 2560. The average molecular weight is 827 g/mol. The summed E-state index contributed by atoms with van der Waals surface area (Å²) < 4.78 is 2.26. The van der Waals surface area contributed by atoms with Gasteiger partial charge in [0.15, 0.2) is 0 Å². The Morgan fingerprint density at radius 3 is 2.10 bits per heavy atom. The SMILES string of the molecule is Cc1ccnc(-n2c3[c-]c(C4(c5[c-]c(N6[OH+]N(C)c7ccccc76)ccc5)c5ccccc5-c5ccccc54)ccc3c3ccccc32)c1.[Pt]. The van der Waals surface area contributed by atoms with Gasteiger partial charge < -0.3 is 4.57 Å². The first-order valence-corrected chi connectivity index (χ1v) is 16.6. The minimum Gasteiger partial charge on any atom is -0.319 e. The van der Waals surface area contributed by atoms with Gasteiger partial charge in [-0.25, -0.2) is 4.98 Å². The van der Waals surface area contributed by atoms with E-state index in [4.69, 9.17) is 9.92 Å². The number of fused-ring (bicyclic) bond motifs is 7. The van der Waals surface area contributed by atoms with Gasteiger partial charge in [0.2, 0.25) is 0 Å². The molecule has 0 atom stereocenters. The molecule has 1 aliphatic heterocycles. The molecular weight excluding hydrogens is 796 g/mol. The summed E-state index contributed by atoms with van der Waals surface area (Å²) in [6.45, 7) is 2.11. The number of pyridine rings is 1. The number of para-hydroxylation sites is 3. The Kier molecular flexibility index (Phi) is 7.06. The Morgan fingerprint density at radius 2 is 1.32 bits per heavy atom. The Morgan fingerprint density at radius 1 is 0.640 bits per heavy atom. The van der Waals surface area contributed by atoms with Crippen LogP contribution in [0, 0.1) is 19.1 Å². The second-order valence-electron chi connectivity index (χ2n) is 12.9. The zero-order valence-corrected chi connectivity index (χ0v) is 29.7. The van der Waals surface area contributed by atoms with Gasteiger partial charge in [-0.2, -0.15) is 35.3 Å². The maximum absolute atomic E-state index is 4.91. The van der Waals surface area contributed by atoms with Crippen molar-refractivity contribution in [2.24, 2.45) is 0 Å². The molecule has 8 aromatic rings. The number of nitrogens with zero attached hydrogens (tertiary/aromatic N) is 4. The van der Waals surface area contributed by atoms with Crippen molar-refractivity contribution in [1.29, 1.82) is 0 Å². The van der Waals surface area contributed by atoms with Crippen LogP contribution in [0.5, 0.6) is 0 Å². The van der Waals surface area contributed by atoms with Crippen LogP contribution in [0.3, 0.4) is 0 Å². The minimum absolute atomic E-state index is 0. The quantitative estimate of drug-likeness (QED) is 0.131. The summed E-state index contributed by atoms with van der Waals surface area (Å²) in [7, 11) is 1.99. The predicted molar refractivity (Wildman–Crippen MR) is 197 cm³/mol. The molecule has 2 aromatic heterocycles. The van der Waals surface area contributed by atoms with Crippen LogP contribution in [0.1, 0.15) is 27.8 Å². The fourth-order valence-electron chi connectivity index (χ4n) is 8.08. The molecule has 0 radical (unpaired) electrons. The van der Waals surface area contributed by atoms with Gasteiger partial charge in [0.05, 0.1) is 7.05 Å². The largest absolute Gasteiger partial charge is 0.319 e. The molecule has 1 aliphatic carbocycles. The van der Waals surface area contributed by atoms with Gasteiger partial charge in [-0.15, -0.1) is 38.8 Å². The number of hydroxylamine groups is 1. The van der Waals surface area contributed by atoms with Crippen LogP contribution in [0.2, 0.25) is 0 Å². The zero-order chi connectivity index (χ0) is 32.7. The summed E-state index contributed by atoms with van der Waals surface area (Å²) >= 11 is 0. The molecule has 5 nitrogen and oxygen atoms in total. The van der Waals surface area contributed by atoms with E-state index >= 15 is 0 Å². The van der Waals surface area contributed by atoms with E-state index in [2.05, 4.69) is 151 Å². The second kappa shape index (κ2) is 11.6. The third-order valence-corrected chi connectivity index (χ3v) is 10.2. The fourth-order valence-corrected chi connectivity index (χ4v) is 8.08. The van der Waals surface area contributed by atoms with Crippen LogP contribution in [-0.2, 0) is 26.5 Å². The molecule has 0 saturated heterocycles. The van der Waals surface area contributed by atoms with Gasteiger partial charge in [-0.1, -0.05) is 84.4 Å². The third kappa shape index (κ3) is 4.24. The molecule has 0 spiro atoms. The molecule has 0 saturated carbocycles. The predicted octanol–water partition coefficient (Wildman–Crippen LogP) is 9.88. The molecule has 2 aliphatic rings. The molecule has 6 heteroatoms. The molecule has 0 bridgehead atoms. The van der Waals surface area contributed by atoms with Crippen molar-refractivity contribution in [3.63, 3.8) is 0 Å². The van der Waals surface area contributed by atoms with E-state index in [9.17, 15) is 0 Å². The molecular formula is C44H31N4OPt-. The van der Waals surface area contributed by atoms with E-state index in [1.807, 2.05) is 35.5 Å². The number of aromatic nitrogens is 2. The van der Waals surface area contributed by atoms with E-state index in [0.29, 0.717) is 0 Å². The molecule has 0 fully saturated rings. The summed E-state index contributed by atoms with van der Waals surface area (Å²) in [4.78, 5) is 9.77. The number of anilines is 3. The van der Waals surface area contributed by atoms with Gasteiger partial charge in [-0.05, 0) is 70.5 Å². The molecule has 1 N–H and O–H groups in total. The molecule has 50 heavy (non-hydrogen) atoms. The van der Waals surface area contributed by atoms with E-state index in [0.717, 1.165) is 56.0 Å². The van der Waals surface area contributed by atoms with Crippen LogP contribution in [0.25, 0.3) is 38.8 Å². The number of hydrogen-bond donors (Lipinski definition) is 0. The van der Waals surface area contributed by atoms with Crippen LogP contribution >= 0.6 is 0 Å². The first-order valence-electron chi connectivity index (χ1n) is 16.6. The Hall–Kier alpha value is -5.48. The fraction of sp³-hybridized carbons (Fsp3) is 0.0682. The van der Waals surface area contributed by atoms with E-state index < -0.39 is 5.41 Å². The average Bonchev–Trinajstić information content (AvgIpc) is 3.77. The summed E-state index contributed by atoms with van der Waals surface area (Å²) in [5.74, 6) is 0.882. The summed E-state index contributed by atoms with van der Waals surface area (Å²) in [5, 5.41) is 6.24. The van der Waals surface area contributed by atoms with E-state index in [1.54, 1.807) is 0 Å². The molecule has 244 valence electrons. The first kappa shape index (κ1) is 30.6. The molecule has 10 rings (SSSR count). The smallest absolute Gasteiger partial charge is 0.145 e. The van der Waals surface area contributed by atoms with E-state index in [1.165, 1.54) is 27.6 Å². The first-order chi connectivity index (χ1) is 24.1. The van der Waals surface area contributed by atoms with Gasteiger partial charge in [-0.3, -0.25) is 0 Å². The van der Waals surface area contributed by atoms with Crippen molar-refractivity contribution in [3.8, 4) is 16.9 Å². The monoisotopic (exact) mass is 826 g/mol. The number of hydrogen-bond acceptors (Lipinski definition) is 3. The summed E-state index contributed by atoms with van der Waals surface area (Å²) in [6.07, 6.45) is 1.89. The second-order valence-corrected chi connectivity index (χ2v) is 12.9. The van der Waals surface area contributed by atoms with Crippen LogP contribution in [0.4, 0.5) is 17.1 Å². The van der Waals surface area contributed by atoms with Gasteiger partial charge >= 0.3 is 0 Å². The summed E-state index contributed by atoms with van der Waals surface area (Å²) in [6, 6.07) is 57.6. The Labute approximate surface area is 305 Å². The van der Waals surface area contributed by atoms with Crippen molar-refractivity contribution in [3.05, 3.63) is 186 Å². The molecule has 0 unspecified atom stereocenters. The number of benzene rings is 6. The number of aryl methyl sites for hydroxylation is 1. The van der Waals surface area contributed by atoms with Gasteiger partial charge in [0, 0.05) is 43.9 Å². The Balaban J connectivity index is 0.00000336. The van der Waals surface area contributed by atoms with Crippen LogP contribution < -0.4 is 10.1 Å². The van der Waals surface area contributed by atoms with Crippen LogP contribution in [0.15, 0.2) is 146 Å². The maximum Gasteiger partial charge on any atom is 0.145 e. The maximum atomic E-state index is 4.91. The van der Waals surface area contributed by atoms with E-state index in [-0.39, 0.29) is 21.1 Å². The van der Waals surface area contributed by atoms with Crippen molar-refractivity contribution >= 4 is 38.9 Å². The third-order valence-electron chi connectivity index (χ3n) is 10.2. The van der Waals surface area contributed by atoms with Crippen molar-refractivity contribution in [2.75, 3.05) is 17.2 Å². The molecule has 6 aromatic carbocycles. The van der Waals surface area contributed by atoms with Crippen molar-refractivity contribution in [1.82, 2.24) is 9.55 Å². The number of rotatable bonds is 4.